The molecule has 1 fully saturated rings. The maximum absolute atomic E-state index is 13.1. The molecule has 22 heavy (non-hydrogen) atoms. The zero-order valence-corrected chi connectivity index (χ0v) is 12.6. The largest absolute Gasteiger partial charge is 0.490 e. The number of ether oxygens (including phenoxy) is 1. The number of hydrogen-bond acceptors (Lipinski definition) is 4. The topological polar surface area (TPSA) is 50.5 Å². The zero-order chi connectivity index (χ0) is 15.6. The van der Waals surface area contributed by atoms with Crippen LogP contribution in [0.2, 0.25) is 0 Å². The Morgan fingerprint density at radius 1 is 1.45 bits per heavy atom. The lowest BCUT2D eigenvalue weighted by Crippen LogP contribution is -2.39. The average Bonchev–Trinajstić information content (AvgIpc) is 3.04. The predicted octanol–water partition coefficient (Wildman–Crippen LogP) is 1.57. The number of aliphatic hydroxyl groups is 1. The molecule has 1 N–H and O–H groups in total. The summed E-state index contributed by atoms with van der Waals surface area (Å²) in [6, 6.07) is 5.98. The Morgan fingerprint density at radius 3 is 3.05 bits per heavy atom. The van der Waals surface area contributed by atoms with Crippen LogP contribution >= 0.6 is 0 Å². The van der Waals surface area contributed by atoms with Crippen molar-refractivity contribution < 1.29 is 14.2 Å². The zero-order valence-electron chi connectivity index (χ0n) is 12.6. The van der Waals surface area contributed by atoms with Gasteiger partial charge in [0.05, 0.1) is 6.20 Å². The minimum atomic E-state index is -0.894. The molecule has 0 amide bonds. The summed E-state index contributed by atoms with van der Waals surface area (Å²) in [7, 11) is 1.89. The molecule has 1 atom stereocenters. The second kappa shape index (κ2) is 6.06. The summed E-state index contributed by atoms with van der Waals surface area (Å²) >= 11 is 0. The first-order valence-corrected chi connectivity index (χ1v) is 7.33. The van der Waals surface area contributed by atoms with Crippen molar-refractivity contribution in [1.29, 1.82) is 0 Å². The third kappa shape index (κ3) is 3.64. The van der Waals surface area contributed by atoms with Crippen LogP contribution in [-0.2, 0) is 13.6 Å². The number of benzene rings is 1. The van der Waals surface area contributed by atoms with E-state index in [2.05, 4.69) is 10.00 Å². The van der Waals surface area contributed by atoms with E-state index in [1.165, 1.54) is 12.1 Å². The van der Waals surface area contributed by atoms with Gasteiger partial charge in [0, 0.05) is 44.5 Å². The normalized spacial score (nSPS) is 22.1. The molecule has 118 valence electrons. The summed E-state index contributed by atoms with van der Waals surface area (Å²) in [6.45, 7) is 2.27. The summed E-state index contributed by atoms with van der Waals surface area (Å²) < 4.78 is 20.4. The SMILES string of the molecule is Cn1cc(CN2CCC(O)(COc3cccc(F)c3)C2)cn1. The number of nitrogens with zero attached hydrogens (tertiary/aromatic N) is 3. The highest BCUT2D eigenvalue weighted by molar-refractivity contribution is 5.22. The minimum Gasteiger partial charge on any atom is -0.490 e. The second-order valence-electron chi connectivity index (χ2n) is 5.95. The lowest BCUT2D eigenvalue weighted by Gasteiger charge is -2.23. The van der Waals surface area contributed by atoms with Crippen LogP contribution in [-0.4, -0.2) is 45.1 Å². The molecule has 0 aliphatic carbocycles. The molecule has 0 bridgehead atoms. The highest BCUT2D eigenvalue weighted by atomic mass is 19.1. The standard InChI is InChI=1S/C16H20FN3O2/c1-19-9-13(8-18-19)10-20-6-5-16(21,11-20)12-22-15-4-2-3-14(17)7-15/h2-4,7-9,21H,5-6,10-12H2,1H3. The fourth-order valence-corrected chi connectivity index (χ4v) is 2.78. The van der Waals surface area contributed by atoms with Gasteiger partial charge in [-0.2, -0.15) is 5.10 Å². The van der Waals surface area contributed by atoms with E-state index in [0.29, 0.717) is 18.7 Å². The Kier molecular flexibility index (Phi) is 4.13. The number of likely N-dealkylation sites (tertiary alicyclic amines) is 1. The summed E-state index contributed by atoms with van der Waals surface area (Å²) in [5.41, 5.74) is 0.229. The molecule has 1 aliphatic rings. The molecule has 0 saturated carbocycles. The highest BCUT2D eigenvalue weighted by Gasteiger charge is 2.36. The fourth-order valence-electron chi connectivity index (χ4n) is 2.78. The van der Waals surface area contributed by atoms with E-state index in [-0.39, 0.29) is 12.4 Å². The predicted molar refractivity (Wildman–Crippen MR) is 79.9 cm³/mol. The quantitative estimate of drug-likeness (QED) is 0.911. The summed E-state index contributed by atoms with van der Waals surface area (Å²) in [6.07, 6.45) is 4.45. The van der Waals surface area contributed by atoms with Crippen LogP contribution < -0.4 is 4.74 Å². The van der Waals surface area contributed by atoms with Crippen molar-refractivity contribution in [2.45, 2.75) is 18.6 Å². The maximum atomic E-state index is 13.1. The van der Waals surface area contributed by atoms with Crippen LogP contribution in [0.15, 0.2) is 36.7 Å². The summed E-state index contributed by atoms with van der Waals surface area (Å²) in [5, 5.41) is 14.7. The maximum Gasteiger partial charge on any atom is 0.126 e. The molecule has 1 aromatic carbocycles. The van der Waals surface area contributed by atoms with E-state index in [1.807, 2.05) is 19.4 Å². The van der Waals surface area contributed by atoms with Gasteiger partial charge in [0.25, 0.3) is 0 Å². The number of β-amino-alcohol motifs (C(OH)–C–C–N with tert-alkyl or cyclic N) is 1. The van der Waals surface area contributed by atoms with Crippen LogP contribution in [0.1, 0.15) is 12.0 Å². The third-order valence-electron chi connectivity index (χ3n) is 3.88. The van der Waals surface area contributed by atoms with E-state index in [4.69, 9.17) is 4.74 Å². The molecule has 2 aromatic rings. The lowest BCUT2D eigenvalue weighted by atomic mass is 10.1. The number of rotatable bonds is 5. The molecule has 1 unspecified atom stereocenters. The van der Waals surface area contributed by atoms with Gasteiger partial charge in [-0.25, -0.2) is 4.39 Å². The molecule has 2 heterocycles. The Morgan fingerprint density at radius 2 is 2.32 bits per heavy atom. The van der Waals surface area contributed by atoms with Gasteiger partial charge in [-0.05, 0) is 18.6 Å². The smallest absolute Gasteiger partial charge is 0.126 e. The summed E-state index contributed by atoms with van der Waals surface area (Å²) in [5.74, 6) is 0.105. The van der Waals surface area contributed by atoms with E-state index in [1.54, 1.807) is 16.8 Å². The van der Waals surface area contributed by atoms with Crippen LogP contribution in [0.3, 0.4) is 0 Å². The summed E-state index contributed by atoms with van der Waals surface area (Å²) in [4.78, 5) is 2.17. The third-order valence-corrected chi connectivity index (χ3v) is 3.88. The highest BCUT2D eigenvalue weighted by Crippen LogP contribution is 2.24. The van der Waals surface area contributed by atoms with Gasteiger partial charge in [-0.15, -0.1) is 0 Å². The Hall–Kier alpha value is -1.92. The number of aryl methyl sites for hydroxylation is 1. The molecule has 0 spiro atoms. The van der Waals surface area contributed by atoms with Crippen molar-refractivity contribution in [3.8, 4) is 5.75 Å². The van der Waals surface area contributed by atoms with Crippen molar-refractivity contribution in [2.75, 3.05) is 19.7 Å². The van der Waals surface area contributed by atoms with Crippen molar-refractivity contribution in [3.63, 3.8) is 0 Å². The monoisotopic (exact) mass is 305 g/mol. The molecular weight excluding hydrogens is 285 g/mol. The van der Waals surface area contributed by atoms with Gasteiger partial charge in [-0.3, -0.25) is 9.58 Å². The molecule has 6 heteroatoms. The van der Waals surface area contributed by atoms with Crippen LogP contribution in [0.4, 0.5) is 4.39 Å². The molecule has 3 rings (SSSR count). The van der Waals surface area contributed by atoms with E-state index in [9.17, 15) is 9.50 Å². The molecule has 1 saturated heterocycles. The molecular formula is C16H20FN3O2. The van der Waals surface area contributed by atoms with Crippen molar-refractivity contribution in [3.05, 3.63) is 48.0 Å². The van der Waals surface area contributed by atoms with Gasteiger partial charge in [0.2, 0.25) is 0 Å². The Labute approximate surface area is 128 Å². The van der Waals surface area contributed by atoms with Gasteiger partial charge in [0.15, 0.2) is 0 Å². The first kappa shape index (κ1) is 15.0. The van der Waals surface area contributed by atoms with Gasteiger partial charge in [-0.1, -0.05) is 6.07 Å². The first-order valence-electron chi connectivity index (χ1n) is 7.33. The minimum absolute atomic E-state index is 0.167. The Bertz CT molecular complexity index is 646. The average molecular weight is 305 g/mol. The van der Waals surface area contributed by atoms with Crippen LogP contribution in [0.5, 0.6) is 5.75 Å². The van der Waals surface area contributed by atoms with Gasteiger partial charge >= 0.3 is 0 Å². The van der Waals surface area contributed by atoms with Crippen molar-refractivity contribution >= 4 is 0 Å². The van der Waals surface area contributed by atoms with Gasteiger partial charge < -0.3 is 9.84 Å². The molecule has 5 nitrogen and oxygen atoms in total. The van der Waals surface area contributed by atoms with Crippen molar-refractivity contribution in [1.82, 2.24) is 14.7 Å². The fraction of sp³-hybridized carbons (Fsp3) is 0.438. The van der Waals surface area contributed by atoms with Crippen molar-refractivity contribution in [2.24, 2.45) is 7.05 Å². The molecule has 1 aliphatic heterocycles. The molecule has 1 aromatic heterocycles. The number of halogens is 1. The van der Waals surface area contributed by atoms with E-state index < -0.39 is 5.60 Å². The van der Waals surface area contributed by atoms with Crippen LogP contribution in [0, 0.1) is 5.82 Å². The van der Waals surface area contributed by atoms with E-state index >= 15 is 0 Å². The second-order valence-corrected chi connectivity index (χ2v) is 5.95. The lowest BCUT2D eigenvalue weighted by molar-refractivity contribution is 0.00329. The number of hydrogen-bond donors (Lipinski definition) is 1. The molecule has 0 radical (unpaired) electrons. The number of aromatic nitrogens is 2. The Balaban J connectivity index is 1.54. The van der Waals surface area contributed by atoms with E-state index in [0.717, 1.165) is 18.7 Å². The van der Waals surface area contributed by atoms with Gasteiger partial charge in [0.1, 0.15) is 23.8 Å². The first-order chi connectivity index (χ1) is 10.5. The van der Waals surface area contributed by atoms with Crippen LogP contribution in [0.25, 0.3) is 0 Å².